The second-order valence-corrected chi connectivity index (χ2v) is 4.98. The summed E-state index contributed by atoms with van der Waals surface area (Å²) in [7, 11) is 0. The van der Waals surface area contributed by atoms with Gasteiger partial charge in [-0.1, -0.05) is 18.5 Å². The van der Waals surface area contributed by atoms with Crippen LogP contribution in [0.2, 0.25) is 5.02 Å². The van der Waals surface area contributed by atoms with Gasteiger partial charge in [-0.2, -0.15) is 5.26 Å². The zero-order valence-electron chi connectivity index (χ0n) is 10.8. The third kappa shape index (κ3) is 3.01. The Balaban J connectivity index is 2.25. The lowest BCUT2D eigenvalue weighted by molar-refractivity contribution is -0.0134. The van der Waals surface area contributed by atoms with Gasteiger partial charge in [0.05, 0.1) is 29.3 Å². The molecule has 0 aromatic heterocycles. The molecule has 0 saturated carbocycles. The lowest BCUT2D eigenvalue weighted by Gasteiger charge is -2.30. The Morgan fingerprint density at radius 3 is 3.00 bits per heavy atom. The molecule has 0 radical (unpaired) electrons. The first-order chi connectivity index (χ1) is 9.17. The van der Waals surface area contributed by atoms with Crippen LogP contribution in [-0.2, 0) is 11.2 Å². The van der Waals surface area contributed by atoms with Gasteiger partial charge in [-0.25, -0.2) is 0 Å². The van der Waals surface area contributed by atoms with Gasteiger partial charge in [-0.15, -0.1) is 0 Å². The van der Waals surface area contributed by atoms with Gasteiger partial charge in [-0.05, 0) is 30.5 Å². The van der Waals surface area contributed by atoms with E-state index in [2.05, 4.69) is 11.4 Å². The van der Waals surface area contributed by atoms with Crippen LogP contribution in [0.5, 0.6) is 0 Å². The maximum atomic E-state index is 9.89. The molecule has 1 aromatic rings. The molecular weight excluding hydrogens is 264 g/mol. The average molecular weight is 281 g/mol. The summed E-state index contributed by atoms with van der Waals surface area (Å²) in [4.78, 5) is 0. The topological polar surface area (TPSA) is 65.3 Å². The van der Waals surface area contributed by atoms with Crippen LogP contribution >= 0.6 is 11.6 Å². The maximum absolute atomic E-state index is 9.89. The van der Waals surface area contributed by atoms with E-state index in [0.29, 0.717) is 23.8 Å². The van der Waals surface area contributed by atoms with Gasteiger partial charge >= 0.3 is 0 Å². The van der Waals surface area contributed by atoms with Crippen molar-refractivity contribution in [2.45, 2.75) is 31.9 Å². The normalized spacial score (nSPS) is 22.8. The first kappa shape index (κ1) is 14.1. The van der Waals surface area contributed by atoms with E-state index in [0.717, 1.165) is 24.1 Å². The third-order valence-corrected chi connectivity index (χ3v) is 3.82. The molecule has 2 atom stereocenters. The Morgan fingerprint density at radius 2 is 2.37 bits per heavy atom. The summed E-state index contributed by atoms with van der Waals surface area (Å²) in [6, 6.07) is 5.60. The average Bonchev–Trinajstić information content (AvgIpc) is 2.42. The summed E-state index contributed by atoms with van der Waals surface area (Å²) in [5.41, 5.74) is 2.29. The number of nitrogens with zero attached hydrogens (tertiary/aromatic N) is 1. The van der Waals surface area contributed by atoms with Crippen LogP contribution in [0.4, 0.5) is 5.69 Å². The van der Waals surface area contributed by atoms with Crippen LogP contribution in [0.15, 0.2) is 12.1 Å². The number of halogens is 1. The molecular formula is C14H17ClN2O2. The molecule has 1 heterocycles. The molecule has 1 aliphatic heterocycles. The number of aliphatic hydroxyl groups excluding tert-OH is 1. The SMILES string of the molecule is CCc1c(N[C@@H]2CCOC[C@H]2O)ccc(C#N)c1Cl. The molecule has 0 amide bonds. The largest absolute Gasteiger partial charge is 0.389 e. The van der Waals surface area contributed by atoms with E-state index in [4.69, 9.17) is 21.6 Å². The summed E-state index contributed by atoms with van der Waals surface area (Å²) < 4.78 is 5.21. The Labute approximate surface area is 117 Å². The fraction of sp³-hybridized carbons (Fsp3) is 0.500. The second kappa shape index (κ2) is 6.25. The van der Waals surface area contributed by atoms with Crippen molar-refractivity contribution in [3.05, 3.63) is 28.3 Å². The van der Waals surface area contributed by atoms with E-state index in [9.17, 15) is 5.11 Å². The zero-order valence-corrected chi connectivity index (χ0v) is 11.6. The summed E-state index contributed by atoms with van der Waals surface area (Å²) >= 11 is 6.22. The van der Waals surface area contributed by atoms with Gasteiger partial charge in [0.15, 0.2) is 0 Å². The molecule has 0 spiro atoms. The van der Waals surface area contributed by atoms with Crippen LogP contribution in [0.3, 0.4) is 0 Å². The minimum atomic E-state index is -0.520. The van der Waals surface area contributed by atoms with Gasteiger partial charge in [0.1, 0.15) is 6.07 Å². The monoisotopic (exact) mass is 280 g/mol. The summed E-state index contributed by atoms with van der Waals surface area (Å²) in [5, 5.41) is 22.7. The highest BCUT2D eigenvalue weighted by molar-refractivity contribution is 6.32. The molecule has 19 heavy (non-hydrogen) atoms. The molecule has 5 heteroatoms. The predicted octanol–water partition coefficient (Wildman–Crippen LogP) is 2.34. The van der Waals surface area contributed by atoms with Crippen molar-refractivity contribution in [3.63, 3.8) is 0 Å². The highest BCUT2D eigenvalue weighted by Crippen LogP contribution is 2.29. The van der Waals surface area contributed by atoms with Gasteiger partial charge in [0.25, 0.3) is 0 Å². The Morgan fingerprint density at radius 1 is 1.58 bits per heavy atom. The van der Waals surface area contributed by atoms with Crippen molar-refractivity contribution >= 4 is 17.3 Å². The molecule has 1 saturated heterocycles. The van der Waals surface area contributed by atoms with E-state index < -0.39 is 6.10 Å². The lowest BCUT2D eigenvalue weighted by Crippen LogP contribution is -2.42. The highest BCUT2D eigenvalue weighted by Gasteiger charge is 2.24. The molecule has 0 aliphatic carbocycles. The molecule has 4 nitrogen and oxygen atoms in total. The fourth-order valence-corrected chi connectivity index (χ4v) is 2.62. The summed E-state index contributed by atoms with van der Waals surface area (Å²) in [6.07, 6.45) is 0.964. The quantitative estimate of drug-likeness (QED) is 0.892. The predicted molar refractivity (Wildman–Crippen MR) is 74.4 cm³/mol. The number of aliphatic hydroxyl groups is 1. The number of rotatable bonds is 3. The second-order valence-electron chi connectivity index (χ2n) is 4.60. The van der Waals surface area contributed by atoms with E-state index in [-0.39, 0.29) is 6.04 Å². The van der Waals surface area contributed by atoms with Gasteiger partial charge < -0.3 is 15.2 Å². The van der Waals surface area contributed by atoms with Crippen molar-refractivity contribution in [1.82, 2.24) is 0 Å². The van der Waals surface area contributed by atoms with Gasteiger partial charge in [0, 0.05) is 12.3 Å². The summed E-state index contributed by atoms with van der Waals surface area (Å²) in [6.45, 7) is 2.98. The zero-order chi connectivity index (χ0) is 13.8. The fourth-order valence-electron chi connectivity index (χ4n) is 2.28. The highest BCUT2D eigenvalue weighted by atomic mass is 35.5. The minimum absolute atomic E-state index is 0.0388. The van der Waals surface area contributed by atoms with Gasteiger partial charge in [0.2, 0.25) is 0 Å². The first-order valence-corrected chi connectivity index (χ1v) is 6.79. The Bertz CT molecular complexity index is 499. The van der Waals surface area contributed by atoms with E-state index in [1.54, 1.807) is 6.07 Å². The van der Waals surface area contributed by atoms with Crippen molar-refractivity contribution in [2.75, 3.05) is 18.5 Å². The molecule has 2 rings (SSSR count). The number of hydrogen-bond donors (Lipinski definition) is 2. The van der Waals surface area contributed by atoms with Crippen LogP contribution < -0.4 is 5.32 Å². The van der Waals surface area contributed by atoms with Crippen molar-refractivity contribution in [3.8, 4) is 6.07 Å². The smallest absolute Gasteiger partial charge is 0.101 e. The minimum Gasteiger partial charge on any atom is -0.389 e. The first-order valence-electron chi connectivity index (χ1n) is 6.41. The molecule has 1 aromatic carbocycles. The van der Waals surface area contributed by atoms with E-state index in [1.165, 1.54) is 0 Å². The van der Waals surface area contributed by atoms with Crippen molar-refractivity contribution < 1.29 is 9.84 Å². The van der Waals surface area contributed by atoms with Crippen LogP contribution in [0.1, 0.15) is 24.5 Å². The van der Waals surface area contributed by atoms with Gasteiger partial charge in [-0.3, -0.25) is 0 Å². The number of anilines is 1. The molecule has 1 fully saturated rings. The van der Waals surface area contributed by atoms with Crippen molar-refractivity contribution in [1.29, 1.82) is 5.26 Å². The standard InChI is InChI=1S/C14H17ClN2O2/c1-2-10-11(4-3-9(7-16)14(10)15)17-12-5-6-19-8-13(12)18/h3-4,12-13,17-18H,2,5-6,8H2,1H3/t12-,13-/m1/s1. The number of benzene rings is 1. The lowest BCUT2D eigenvalue weighted by atomic mass is 10.0. The molecule has 0 bridgehead atoms. The van der Waals surface area contributed by atoms with Crippen LogP contribution in [0, 0.1) is 11.3 Å². The molecule has 1 aliphatic rings. The number of nitriles is 1. The third-order valence-electron chi connectivity index (χ3n) is 3.38. The van der Waals surface area contributed by atoms with E-state index >= 15 is 0 Å². The molecule has 102 valence electrons. The maximum Gasteiger partial charge on any atom is 0.101 e. The van der Waals surface area contributed by atoms with Crippen LogP contribution in [0.25, 0.3) is 0 Å². The number of ether oxygens (including phenoxy) is 1. The number of nitrogens with one attached hydrogen (secondary N) is 1. The molecule has 2 N–H and O–H groups in total. The Hall–Kier alpha value is -1.28. The number of hydrogen-bond acceptors (Lipinski definition) is 4. The van der Waals surface area contributed by atoms with Crippen molar-refractivity contribution in [2.24, 2.45) is 0 Å². The van der Waals surface area contributed by atoms with E-state index in [1.807, 2.05) is 13.0 Å². The summed E-state index contributed by atoms with van der Waals surface area (Å²) in [5.74, 6) is 0. The molecule has 0 unspecified atom stereocenters. The Kier molecular flexibility index (Phi) is 4.65. The van der Waals surface area contributed by atoms with Crippen LogP contribution in [-0.4, -0.2) is 30.5 Å².